The Bertz CT molecular complexity index is 1470. The predicted molar refractivity (Wildman–Crippen MR) is 133 cm³/mol. The first kappa shape index (κ1) is 21.2. The minimum absolute atomic E-state index is 0.0655. The maximum atomic E-state index is 13.2. The highest BCUT2D eigenvalue weighted by Crippen LogP contribution is 2.32. The van der Waals surface area contributed by atoms with E-state index in [2.05, 4.69) is 20.3 Å². The van der Waals surface area contributed by atoms with Crippen molar-refractivity contribution >= 4 is 22.6 Å². The molecule has 0 aliphatic carbocycles. The van der Waals surface area contributed by atoms with Crippen LogP contribution in [-0.2, 0) is 0 Å². The van der Waals surface area contributed by atoms with E-state index < -0.39 is 5.91 Å². The molecule has 3 aromatic heterocycles. The van der Waals surface area contributed by atoms with Crippen LogP contribution in [0.15, 0.2) is 91.3 Å². The van der Waals surface area contributed by atoms with Gasteiger partial charge in [0, 0.05) is 28.9 Å². The SMILES string of the molecule is C[C@@H](NC(=O)c1nc(-c2ccc3ncccc3c2)c(-c2ccccc2)nc1N)c1ccccn1. The minimum Gasteiger partial charge on any atom is -0.382 e. The van der Waals surface area contributed by atoms with Gasteiger partial charge >= 0.3 is 0 Å². The Hall–Kier alpha value is -4.65. The summed E-state index contributed by atoms with van der Waals surface area (Å²) in [6.45, 7) is 1.86. The number of benzene rings is 2. The van der Waals surface area contributed by atoms with E-state index in [4.69, 9.17) is 10.7 Å². The summed E-state index contributed by atoms with van der Waals surface area (Å²) in [6, 6.07) is 24.6. The number of hydrogen-bond acceptors (Lipinski definition) is 6. The number of anilines is 1. The normalized spacial score (nSPS) is 11.8. The molecule has 2 aromatic carbocycles. The molecule has 166 valence electrons. The average Bonchev–Trinajstić information content (AvgIpc) is 2.89. The zero-order valence-corrected chi connectivity index (χ0v) is 18.5. The van der Waals surface area contributed by atoms with Gasteiger partial charge in [-0.05, 0) is 37.3 Å². The maximum absolute atomic E-state index is 13.2. The molecule has 0 spiro atoms. The number of fused-ring (bicyclic) bond motifs is 1. The van der Waals surface area contributed by atoms with Crippen molar-refractivity contribution in [3.05, 3.63) is 103 Å². The molecule has 0 unspecified atom stereocenters. The summed E-state index contributed by atoms with van der Waals surface area (Å²) >= 11 is 0. The van der Waals surface area contributed by atoms with E-state index in [1.165, 1.54) is 0 Å². The Morgan fingerprint density at radius 3 is 2.38 bits per heavy atom. The summed E-state index contributed by atoms with van der Waals surface area (Å²) < 4.78 is 0. The Morgan fingerprint density at radius 1 is 0.824 bits per heavy atom. The number of nitrogens with one attached hydrogen (secondary N) is 1. The lowest BCUT2D eigenvalue weighted by molar-refractivity contribution is 0.0935. The summed E-state index contributed by atoms with van der Waals surface area (Å²) in [6.07, 6.45) is 3.44. The van der Waals surface area contributed by atoms with Crippen molar-refractivity contribution in [2.45, 2.75) is 13.0 Å². The smallest absolute Gasteiger partial charge is 0.274 e. The number of nitrogens with two attached hydrogens (primary N) is 1. The van der Waals surface area contributed by atoms with Gasteiger partial charge in [-0.3, -0.25) is 14.8 Å². The number of carbonyl (C=O) groups excluding carboxylic acids is 1. The van der Waals surface area contributed by atoms with Crippen molar-refractivity contribution in [3.63, 3.8) is 0 Å². The number of carbonyl (C=O) groups is 1. The first-order chi connectivity index (χ1) is 16.6. The quantitative estimate of drug-likeness (QED) is 0.401. The summed E-state index contributed by atoms with van der Waals surface area (Å²) in [4.78, 5) is 31.2. The fourth-order valence-electron chi connectivity index (χ4n) is 3.81. The molecule has 0 aliphatic heterocycles. The predicted octanol–water partition coefficient (Wildman–Crippen LogP) is 4.83. The van der Waals surface area contributed by atoms with Gasteiger partial charge in [-0.15, -0.1) is 0 Å². The Balaban J connectivity index is 1.60. The van der Waals surface area contributed by atoms with Gasteiger partial charge in [0.1, 0.15) is 0 Å². The molecule has 7 nitrogen and oxygen atoms in total. The lowest BCUT2D eigenvalue weighted by Crippen LogP contribution is -2.29. The van der Waals surface area contributed by atoms with Crippen LogP contribution < -0.4 is 11.1 Å². The van der Waals surface area contributed by atoms with Gasteiger partial charge < -0.3 is 11.1 Å². The van der Waals surface area contributed by atoms with E-state index in [1.807, 2.05) is 85.8 Å². The number of rotatable bonds is 5. The second kappa shape index (κ2) is 9.07. The van der Waals surface area contributed by atoms with Crippen molar-refractivity contribution in [2.24, 2.45) is 0 Å². The first-order valence-corrected chi connectivity index (χ1v) is 10.9. The molecule has 5 rings (SSSR count). The third kappa shape index (κ3) is 4.19. The van der Waals surface area contributed by atoms with Crippen molar-refractivity contribution < 1.29 is 4.79 Å². The largest absolute Gasteiger partial charge is 0.382 e. The molecule has 0 fully saturated rings. The zero-order chi connectivity index (χ0) is 23.5. The van der Waals surface area contributed by atoms with Gasteiger partial charge in [-0.2, -0.15) is 0 Å². The first-order valence-electron chi connectivity index (χ1n) is 10.9. The van der Waals surface area contributed by atoms with Crippen molar-refractivity contribution in [1.82, 2.24) is 25.3 Å². The van der Waals surface area contributed by atoms with Crippen LogP contribution in [0, 0.1) is 0 Å². The molecule has 3 N–H and O–H groups in total. The monoisotopic (exact) mass is 446 g/mol. The molecule has 0 bridgehead atoms. The number of nitrogens with zero attached hydrogens (tertiary/aromatic N) is 4. The number of hydrogen-bond donors (Lipinski definition) is 2. The lowest BCUT2D eigenvalue weighted by Gasteiger charge is -2.16. The van der Waals surface area contributed by atoms with Crippen LogP contribution in [0.3, 0.4) is 0 Å². The number of nitrogen functional groups attached to an aromatic ring is 1. The summed E-state index contributed by atoms with van der Waals surface area (Å²) in [7, 11) is 0. The third-order valence-electron chi connectivity index (χ3n) is 5.54. The highest BCUT2D eigenvalue weighted by atomic mass is 16.2. The highest BCUT2D eigenvalue weighted by molar-refractivity contribution is 5.98. The standard InChI is InChI=1S/C27H22N6O/c1-17(21-11-5-6-14-29-21)31-27(34)25-26(28)33-23(18-8-3-2-4-9-18)24(32-25)20-12-13-22-19(16-20)10-7-15-30-22/h2-17H,1H3,(H2,28,33)(H,31,34)/t17-/m1/s1. The fourth-order valence-corrected chi connectivity index (χ4v) is 3.81. The zero-order valence-electron chi connectivity index (χ0n) is 18.5. The summed E-state index contributed by atoms with van der Waals surface area (Å²) in [5, 5.41) is 3.89. The van der Waals surface area contributed by atoms with Crippen LogP contribution in [0.25, 0.3) is 33.4 Å². The Labute approximate surface area is 196 Å². The molecule has 34 heavy (non-hydrogen) atoms. The summed E-state index contributed by atoms with van der Waals surface area (Å²) in [5.41, 5.74) is 10.8. The van der Waals surface area contributed by atoms with Gasteiger partial charge in [0.15, 0.2) is 11.5 Å². The topological polar surface area (TPSA) is 107 Å². The molecule has 5 aromatic rings. The molecule has 1 amide bonds. The van der Waals surface area contributed by atoms with Gasteiger partial charge in [-0.25, -0.2) is 9.97 Å². The van der Waals surface area contributed by atoms with E-state index in [0.717, 1.165) is 27.7 Å². The van der Waals surface area contributed by atoms with Crippen molar-refractivity contribution in [3.8, 4) is 22.5 Å². The molecular formula is C27H22N6O. The molecule has 1 atom stereocenters. The van der Waals surface area contributed by atoms with Gasteiger partial charge in [0.25, 0.3) is 5.91 Å². The molecule has 0 aliphatic rings. The number of amides is 1. The lowest BCUT2D eigenvalue weighted by atomic mass is 10.0. The summed E-state index contributed by atoms with van der Waals surface area (Å²) in [5.74, 6) is -0.345. The third-order valence-corrected chi connectivity index (χ3v) is 5.54. The van der Waals surface area contributed by atoms with Crippen LogP contribution >= 0.6 is 0 Å². The second-order valence-corrected chi connectivity index (χ2v) is 7.88. The van der Waals surface area contributed by atoms with Gasteiger partial charge in [0.2, 0.25) is 0 Å². The Morgan fingerprint density at radius 2 is 1.59 bits per heavy atom. The minimum atomic E-state index is -0.411. The molecule has 0 saturated heterocycles. The maximum Gasteiger partial charge on any atom is 0.274 e. The molecule has 7 heteroatoms. The van der Waals surface area contributed by atoms with Crippen LogP contribution in [0.2, 0.25) is 0 Å². The molecular weight excluding hydrogens is 424 g/mol. The van der Waals surface area contributed by atoms with Gasteiger partial charge in [-0.1, -0.05) is 48.5 Å². The molecule has 0 saturated carbocycles. The molecule has 0 radical (unpaired) electrons. The molecule has 3 heterocycles. The van der Waals surface area contributed by atoms with E-state index in [9.17, 15) is 4.79 Å². The fraction of sp³-hybridized carbons (Fsp3) is 0.0741. The van der Waals surface area contributed by atoms with Crippen molar-refractivity contribution in [2.75, 3.05) is 5.73 Å². The van der Waals surface area contributed by atoms with Crippen LogP contribution in [0.5, 0.6) is 0 Å². The highest BCUT2D eigenvalue weighted by Gasteiger charge is 2.22. The Kier molecular flexibility index (Phi) is 5.66. The van der Waals surface area contributed by atoms with E-state index in [-0.39, 0.29) is 17.6 Å². The average molecular weight is 447 g/mol. The second-order valence-electron chi connectivity index (χ2n) is 7.88. The number of aromatic nitrogens is 4. The van der Waals surface area contributed by atoms with E-state index in [1.54, 1.807) is 12.4 Å². The van der Waals surface area contributed by atoms with E-state index in [0.29, 0.717) is 11.4 Å². The van der Waals surface area contributed by atoms with Crippen LogP contribution in [0.4, 0.5) is 5.82 Å². The van der Waals surface area contributed by atoms with Crippen LogP contribution in [-0.4, -0.2) is 25.8 Å². The van der Waals surface area contributed by atoms with Gasteiger partial charge in [0.05, 0.1) is 28.6 Å². The van der Waals surface area contributed by atoms with Crippen LogP contribution in [0.1, 0.15) is 29.1 Å². The van der Waals surface area contributed by atoms with E-state index >= 15 is 0 Å². The number of pyridine rings is 2. The van der Waals surface area contributed by atoms with Crippen molar-refractivity contribution in [1.29, 1.82) is 0 Å².